The quantitative estimate of drug-likeness (QED) is 0.562. The molecule has 0 N–H and O–H groups in total. The highest BCUT2D eigenvalue weighted by molar-refractivity contribution is 7.91. The second-order valence-corrected chi connectivity index (χ2v) is 11.0. The third kappa shape index (κ3) is 4.29. The fourth-order valence-corrected chi connectivity index (χ4v) is 5.04. The first-order valence-corrected chi connectivity index (χ1v) is 11.9. The minimum Gasteiger partial charge on any atom is -0.345 e. The van der Waals surface area contributed by atoms with Crippen LogP contribution in [0, 0.1) is 12.3 Å². The summed E-state index contributed by atoms with van der Waals surface area (Å²) in [5.74, 6) is -1.12. The highest BCUT2D eigenvalue weighted by Crippen LogP contribution is 2.40. The van der Waals surface area contributed by atoms with Crippen molar-refractivity contribution < 1.29 is 17.9 Å². The molecule has 4 rings (SSSR count). The number of sulfone groups is 1. The Hall–Kier alpha value is -2.21. The molecule has 1 heterocycles. The van der Waals surface area contributed by atoms with Crippen LogP contribution in [0.2, 0.25) is 0 Å². The van der Waals surface area contributed by atoms with E-state index in [0.717, 1.165) is 21.9 Å². The van der Waals surface area contributed by atoms with Crippen molar-refractivity contribution in [3.8, 4) is 0 Å². The minimum absolute atomic E-state index is 0.0523. The van der Waals surface area contributed by atoms with Gasteiger partial charge in [0.1, 0.15) is 0 Å². The molecule has 4 nitrogen and oxygen atoms in total. The summed E-state index contributed by atoms with van der Waals surface area (Å²) >= 11 is 0. The summed E-state index contributed by atoms with van der Waals surface area (Å²) in [5.41, 5.74) is 1.77. The molecule has 1 aliphatic heterocycles. The molecule has 0 aliphatic carbocycles. The predicted octanol–water partition coefficient (Wildman–Crippen LogP) is 5.24. The largest absolute Gasteiger partial charge is 0.345 e. The summed E-state index contributed by atoms with van der Waals surface area (Å²) in [7, 11) is -3.45. The molecule has 0 spiro atoms. The Bertz CT molecular complexity index is 1140. The lowest BCUT2D eigenvalue weighted by molar-refractivity contribution is -0.308. The molecule has 30 heavy (non-hydrogen) atoms. The highest BCUT2D eigenvalue weighted by atomic mass is 32.2. The molecule has 3 aromatic rings. The zero-order valence-corrected chi connectivity index (χ0v) is 18.5. The Morgan fingerprint density at radius 1 is 0.867 bits per heavy atom. The maximum absolute atomic E-state index is 13.0. The van der Waals surface area contributed by atoms with E-state index >= 15 is 0 Å². The molecule has 1 saturated heterocycles. The van der Waals surface area contributed by atoms with Gasteiger partial charge < -0.3 is 9.47 Å². The highest BCUT2D eigenvalue weighted by Gasteiger charge is 2.43. The molecular weight excluding hydrogens is 396 g/mol. The molecule has 5 heteroatoms. The average molecular weight is 425 g/mol. The van der Waals surface area contributed by atoms with Crippen LogP contribution >= 0.6 is 0 Å². The van der Waals surface area contributed by atoms with Crippen LogP contribution in [0.25, 0.3) is 10.8 Å². The van der Waals surface area contributed by atoms with Gasteiger partial charge in [-0.2, -0.15) is 0 Å². The van der Waals surface area contributed by atoms with Gasteiger partial charge in [-0.25, -0.2) is 8.42 Å². The van der Waals surface area contributed by atoms with Gasteiger partial charge in [-0.05, 0) is 35.9 Å². The summed E-state index contributed by atoms with van der Waals surface area (Å²) in [6.07, 6.45) is 0.234. The van der Waals surface area contributed by atoms with Crippen LogP contribution in [-0.2, 0) is 25.1 Å². The van der Waals surface area contributed by atoms with Crippen molar-refractivity contribution in [1.82, 2.24) is 0 Å². The van der Waals surface area contributed by atoms with E-state index < -0.39 is 15.6 Å². The standard InChI is InChI=1S/C25H28O4S/c1-19-8-12-23(13-9-19)30(26,27)15-14-25(28-17-24(2,3)18-29-25)22-11-10-20-6-4-5-7-21(20)16-22/h4-13,16H,14-15,17-18H2,1-3H3. The van der Waals surface area contributed by atoms with Gasteiger partial charge in [0.05, 0.1) is 23.9 Å². The van der Waals surface area contributed by atoms with Crippen LogP contribution in [0.15, 0.2) is 71.6 Å². The van der Waals surface area contributed by atoms with Crippen molar-refractivity contribution in [1.29, 1.82) is 0 Å². The van der Waals surface area contributed by atoms with E-state index in [4.69, 9.17) is 9.47 Å². The summed E-state index contributed by atoms with van der Waals surface area (Å²) in [5, 5.41) is 2.20. The van der Waals surface area contributed by atoms with Gasteiger partial charge in [0.15, 0.2) is 15.6 Å². The van der Waals surface area contributed by atoms with Crippen molar-refractivity contribution in [3.63, 3.8) is 0 Å². The normalized spacial score (nSPS) is 18.4. The van der Waals surface area contributed by atoms with E-state index in [2.05, 4.69) is 19.9 Å². The molecule has 1 fully saturated rings. The molecule has 0 unspecified atom stereocenters. The molecule has 158 valence electrons. The number of ether oxygens (including phenoxy) is 2. The third-order valence-corrected chi connectivity index (χ3v) is 7.39. The zero-order valence-electron chi connectivity index (χ0n) is 17.7. The predicted molar refractivity (Wildman–Crippen MR) is 119 cm³/mol. The molecule has 0 bridgehead atoms. The van der Waals surface area contributed by atoms with Crippen LogP contribution in [0.4, 0.5) is 0 Å². The Labute approximate surface area is 178 Å². The number of benzene rings is 3. The first-order valence-electron chi connectivity index (χ1n) is 10.3. The summed E-state index contributed by atoms with van der Waals surface area (Å²) in [6, 6.07) is 21.1. The van der Waals surface area contributed by atoms with Gasteiger partial charge >= 0.3 is 0 Å². The maximum Gasteiger partial charge on any atom is 0.195 e. The summed E-state index contributed by atoms with van der Waals surface area (Å²) in [6.45, 7) is 7.12. The Kier molecular flexibility index (Phi) is 5.47. The van der Waals surface area contributed by atoms with E-state index in [1.54, 1.807) is 12.1 Å². The molecule has 0 aromatic heterocycles. The molecular formula is C25H28O4S. The van der Waals surface area contributed by atoms with Crippen LogP contribution < -0.4 is 0 Å². The summed E-state index contributed by atoms with van der Waals surface area (Å²) in [4.78, 5) is 0.331. The lowest BCUT2D eigenvalue weighted by Crippen LogP contribution is -2.46. The lowest BCUT2D eigenvalue weighted by Gasteiger charge is -2.44. The molecule has 0 amide bonds. The average Bonchev–Trinajstić information content (AvgIpc) is 2.73. The first-order chi connectivity index (χ1) is 14.2. The van der Waals surface area contributed by atoms with Crippen LogP contribution in [0.3, 0.4) is 0 Å². The van der Waals surface area contributed by atoms with E-state index in [0.29, 0.717) is 18.1 Å². The topological polar surface area (TPSA) is 52.6 Å². The van der Waals surface area contributed by atoms with E-state index in [1.807, 2.05) is 55.5 Å². The molecule has 1 aliphatic rings. The van der Waals surface area contributed by atoms with Crippen molar-refractivity contribution >= 4 is 20.6 Å². The molecule has 3 aromatic carbocycles. The Balaban J connectivity index is 1.66. The monoisotopic (exact) mass is 424 g/mol. The zero-order chi connectivity index (χ0) is 21.4. The number of rotatable bonds is 5. The Morgan fingerprint density at radius 3 is 2.17 bits per heavy atom. The minimum atomic E-state index is -3.45. The van der Waals surface area contributed by atoms with Crippen LogP contribution in [0.5, 0.6) is 0 Å². The fraction of sp³-hybridized carbons (Fsp3) is 0.360. The lowest BCUT2D eigenvalue weighted by atomic mass is 9.92. The number of aryl methyl sites for hydroxylation is 1. The van der Waals surface area contributed by atoms with E-state index in [-0.39, 0.29) is 17.6 Å². The third-order valence-electron chi connectivity index (χ3n) is 5.66. The van der Waals surface area contributed by atoms with Crippen molar-refractivity contribution in [3.05, 3.63) is 77.9 Å². The Morgan fingerprint density at radius 2 is 1.50 bits per heavy atom. The van der Waals surface area contributed by atoms with E-state index in [9.17, 15) is 8.42 Å². The van der Waals surface area contributed by atoms with Gasteiger partial charge in [-0.3, -0.25) is 0 Å². The SMILES string of the molecule is Cc1ccc(S(=O)(=O)CCC2(c3ccc4ccccc4c3)OCC(C)(C)CO2)cc1. The van der Waals surface area contributed by atoms with Crippen molar-refractivity contribution in [2.45, 2.75) is 37.9 Å². The number of fused-ring (bicyclic) bond motifs is 1. The summed E-state index contributed by atoms with van der Waals surface area (Å²) < 4.78 is 38.5. The second-order valence-electron chi connectivity index (χ2n) is 8.94. The van der Waals surface area contributed by atoms with Gasteiger partial charge in [-0.1, -0.05) is 67.9 Å². The van der Waals surface area contributed by atoms with Crippen molar-refractivity contribution in [2.75, 3.05) is 19.0 Å². The van der Waals surface area contributed by atoms with E-state index in [1.165, 1.54) is 0 Å². The number of hydrogen-bond acceptors (Lipinski definition) is 4. The molecule has 0 saturated carbocycles. The maximum atomic E-state index is 13.0. The van der Waals surface area contributed by atoms with Crippen LogP contribution in [0.1, 0.15) is 31.4 Å². The van der Waals surface area contributed by atoms with Crippen molar-refractivity contribution in [2.24, 2.45) is 5.41 Å². The second kappa shape index (κ2) is 7.80. The molecule has 0 radical (unpaired) electrons. The van der Waals surface area contributed by atoms with Gasteiger partial charge in [0, 0.05) is 17.4 Å². The van der Waals surface area contributed by atoms with Gasteiger partial charge in [0.2, 0.25) is 0 Å². The smallest absolute Gasteiger partial charge is 0.195 e. The molecule has 0 atom stereocenters. The first kappa shape index (κ1) is 21.0. The number of hydrogen-bond donors (Lipinski definition) is 0. The van der Waals surface area contributed by atoms with Crippen LogP contribution in [-0.4, -0.2) is 27.4 Å². The van der Waals surface area contributed by atoms with Gasteiger partial charge in [-0.15, -0.1) is 0 Å². The fourth-order valence-electron chi connectivity index (χ4n) is 3.72. The van der Waals surface area contributed by atoms with Gasteiger partial charge in [0.25, 0.3) is 0 Å².